The molecule has 4 rings (SSSR count). The molecule has 1 saturated heterocycles. The van der Waals surface area contributed by atoms with Crippen LogP contribution >= 0.6 is 0 Å². The van der Waals surface area contributed by atoms with Crippen LogP contribution in [0, 0.1) is 12.7 Å². The molecule has 0 amide bonds. The van der Waals surface area contributed by atoms with Gasteiger partial charge in [-0.3, -0.25) is 0 Å². The van der Waals surface area contributed by atoms with Crippen molar-refractivity contribution >= 4 is 32.5 Å². The first kappa shape index (κ1) is 18.6. The molecule has 3 heterocycles. The van der Waals surface area contributed by atoms with E-state index in [2.05, 4.69) is 15.0 Å². The summed E-state index contributed by atoms with van der Waals surface area (Å²) in [7, 11) is -4.22. The molecule has 3 aromatic rings. The lowest BCUT2D eigenvalue weighted by molar-refractivity contribution is 0.0530. The predicted octanol–water partition coefficient (Wildman–Crippen LogP) is 2.05. The van der Waals surface area contributed by atoms with Gasteiger partial charge in [-0.1, -0.05) is 12.1 Å². The normalized spacial score (nSPS) is 18.0. The van der Waals surface area contributed by atoms with Crippen molar-refractivity contribution < 1.29 is 17.5 Å². The topological polar surface area (TPSA) is 114 Å². The molecule has 0 bridgehead atoms. The fraction of sp³-hybridized carbons (Fsp3) is 0.333. The highest BCUT2D eigenvalue weighted by Gasteiger charge is 2.31. The summed E-state index contributed by atoms with van der Waals surface area (Å²) >= 11 is 0. The number of sulfone groups is 1. The number of nitrogens with one attached hydrogen (secondary N) is 1. The summed E-state index contributed by atoms with van der Waals surface area (Å²) in [5.74, 6) is 0.00919. The standard InChI is InChI=1S/C18H20FN5O3S/c1-10-9-24(7-8-27-10)18-15-14(21-11(2)22-18)16(17(20)23-15)28(25,26)13-6-4-3-5-12(13)19/h3-6,10,23H,7-9,20H2,1-2H3. The number of rotatable bonds is 3. The Morgan fingerprint density at radius 3 is 2.79 bits per heavy atom. The van der Waals surface area contributed by atoms with Crippen molar-refractivity contribution in [3.05, 3.63) is 35.9 Å². The van der Waals surface area contributed by atoms with E-state index < -0.39 is 20.5 Å². The smallest absolute Gasteiger partial charge is 0.215 e. The lowest BCUT2D eigenvalue weighted by atomic mass is 10.3. The monoisotopic (exact) mass is 405 g/mol. The number of hydrogen-bond acceptors (Lipinski definition) is 7. The highest BCUT2D eigenvalue weighted by Crippen LogP contribution is 2.36. The van der Waals surface area contributed by atoms with Crippen LogP contribution in [0.15, 0.2) is 34.1 Å². The summed E-state index contributed by atoms with van der Waals surface area (Å²) in [4.78, 5) is 13.0. The molecular formula is C18H20FN5O3S. The van der Waals surface area contributed by atoms with E-state index in [1.54, 1.807) is 6.92 Å². The van der Waals surface area contributed by atoms with Crippen LogP contribution in [-0.2, 0) is 14.6 Å². The lowest BCUT2D eigenvalue weighted by Gasteiger charge is -2.32. The summed E-state index contributed by atoms with van der Waals surface area (Å²) in [5.41, 5.74) is 6.60. The molecule has 1 aliphatic heterocycles. The van der Waals surface area contributed by atoms with Crippen molar-refractivity contribution in [2.24, 2.45) is 0 Å². The van der Waals surface area contributed by atoms with E-state index in [1.807, 2.05) is 11.8 Å². The molecule has 0 radical (unpaired) electrons. The summed E-state index contributed by atoms with van der Waals surface area (Å²) < 4.78 is 46.1. The first-order chi connectivity index (χ1) is 13.3. The largest absolute Gasteiger partial charge is 0.384 e. The van der Waals surface area contributed by atoms with Crippen molar-refractivity contribution in [1.82, 2.24) is 15.0 Å². The minimum Gasteiger partial charge on any atom is -0.384 e. The second-order valence-electron chi connectivity index (χ2n) is 6.75. The molecular weight excluding hydrogens is 385 g/mol. The van der Waals surface area contributed by atoms with Gasteiger partial charge in [0.2, 0.25) is 9.84 Å². The number of aryl methyl sites for hydroxylation is 1. The van der Waals surface area contributed by atoms with Gasteiger partial charge in [0, 0.05) is 13.1 Å². The maximum Gasteiger partial charge on any atom is 0.215 e. The second-order valence-corrected chi connectivity index (χ2v) is 8.60. The zero-order valence-corrected chi connectivity index (χ0v) is 16.3. The average Bonchev–Trinajstić information content (AvgIpc) is 2.97. The fourth-order valence-electron chi connectivity index (χ4n) is 3.44. The van der Waals surface area contributed by atoms with Gasteiger partial charge in [-0.05, 0) is 26.0 Å². The lowest BCUT2D eigenvalue weighted by Crippen LogP contribution is -2.41. The van der Waals surface area contributed by atoms with Crippen molar-refractivity contribution in [3.8, 4) is 0 Å². The van der Waals surface area contributed by atoms with Gasteiger partial charge in [-0.2, -0.15) is 0 Å². The van der Waals surface area contributed by atoms with Gasteiger partial charge < -0.3 is 20.4 Å². The SMILES string of the molecule is Cc1nc(N2CCOC(C)C2)c2[nH]c(N)c(S(=O)(=O)c3ccccc3F)c2n1. The van der Waals surface area contributed by atoms with Crippen molar-refractivity contribution in [2.75, 3.05) is 30.3 Å². The van der Waals surface area contributed by atoms with Crippen LogP contribution in [0.4, 0.5) is 16.0 Å². The van der Waals surface area contributed by atoms with E-state index in [-0.39, 0.29) is 22.3 Å². The minimum atomic E-state index is -4.22. The number of nitrogens with zero attached hydrogens (tertiary/aromatic N) is 3. The molecule has 148 valence electrons. The molecule has 1 unspecified atom stereocenters. The third-order valence-electron chi connectivity index (χ3n) is 4.66. The molecule has 2 aromatic heterocycles. The Morgan fingerprint density at radius 1 is 1.32 bits per heavy atom. The van der Waals surface area contributed by atoms with Crippen molar-refractivity contribution in [2.45, 2.75) is 29.7 Å². The molecule has 3 N–H and O–H groups in total. The van der Waals surface area contributed by atoms with Gasteiger partial charge in [0.25, 0.3) is 0 Å². The number of halogens is 1. The Balaban J connectivity index is 1.94. The second kappa shape index (κ2) is 6.71. The molecule has 1 fully saturated rings. The molecule has 10 heteroatoms. The Morgan fingerprint density at radius 2 is 2.07 bits per heavy atom. The molecule has 28 heavy (non-hydrogen) atoms. The van der Waals surface area contributed by atoms with Gasteiger partial charge in [-0.25, -0.2) is 22.8 Å². The quantitative estimate of drug-likeness (QED) is 0.685. The number of hydrogen-bond donors (Lipinski definition) is 2. The first-order valence-corrected chi connectivity index (χ1v) is 10.3. The zero-order chi connectivity index (χ0) is 20.1. The van der Waals surface area contributed by atoms with Crippen LogP contribution in [0.25, 0.3) is 11.0 Å². The van der Waals surface area contributed by atoms with E-state index in [0.717, 1.165) is 6.07 Å². The maximum atomic E-state index is 14.2. The number of anilines is 2. The molecule has 1 aliphatic rings. The van der Waals surface area contributed by atoms with Crippen LogP contribution < -0.4 is 10.6 Å². The fourth-order valence-corrected chi connectivity index (χ4v) is 4.99. The Labute approximate surface area is 161 Å². The number of aromatic amines is 1. The van der Waals surface area contributed by atoms with Gasteiger partial charge in [0.1, 0.15) is 38.3 Å². The number of H-pyrrole nitrogens is 1. The third-order valence-corrected chi connectivity index (χ3v) is 6.52. The number of fused-ring (bicyclic) bond motifs is 1. The number of nitrogens with two attached hydrogens (primary N) is 1. The molecule has 0 spiro atoms. The number of morpholine rings is 1. The third kappa shape index (κ3) is 2.98. The predicted molar refractivity (Wildman–Crippen MR) is 103 cm³/mol. The number of benzene rings is 1. The van der Waals surface area contributed by atoms with Crippen LogP contribution in [0.5, 0.6) is 0 Å². The van der Waals surface area contributed by atoms with Crippen LogP contribution in [0.3, 0.4) is 0 Å². The van der Waals surface area contributed by atoms with Crippen LogP contribution in [0.2, 0.25) is 0 Å². The summed E-state index contributed by atoms with van der Waals surface area (Å²) in [6.07, 6.45) is 0.00741. The Kier molecular flexibility index (Phi) is 4.47. The molecule has 1 aromatic carbocycles. The van der Waals surface area contributed by atoms with Crippen molar-refractivity contribution in [3.63, 3.8) is 0 Å². The number of aromatic nitrogens is 3. The molecule has 8 nitrogen and oxygen atoms in total. The summed E-state index contributed by atoms with van der Waals surface area (Å²) in [6.45, 7) is 5.36. The Bertz CT molecular complexity index is 1160. The zero-order valence-electron chi connectivity index (χ0n) is 15.4. The van der Waals surface area contributed by atoms with E-state index in [4.69, 9.17) is 10.5 Å². The van der Waals surface area contributed by atoms with Gasteiger partial charge in [-0.15, -0.1) is 0 Å². The molecule has 0 aliphatic carbocycles. The van der Waals surface area contributed by atoms with Gasteiger partial charge >= 0.3 is 0 Å². The molecule has 1 atom stereocenters. The van der Waals surface area contributed by atoms with E-state index in [1.165, 1.54) is 18.2 Å². The van der Waals surface area contributed by atoms with Gasteiger partial charge in [0.05, 0.1) is 12.7 Å². The minimum absolute atomic E-state index is 0.00741. The van der Waals surface area contributed by atoms with E-state index >= 15 is 0 Å². The first-order valence-electron chi connectivity index (χ1n) is 8.81. The van der Waals surface area contributed by atoms with E-state index in [9.17, 15) is 12.8 Å². The number of ether oxygens (including phenoxy) is 1. The van der Waals surface area contributed by atoms with Crippen LogP contribution in [-0.4, -0.2) is 49.2 Å². The van der Waals surface area contributed by atoms with Gasteiger partial charge in [0.15, 0.2) is 5.82 Å². The van der Waals surface area contributed by atoms with Crippen molar-refractivity contribution in [1.29, 1.82) is 0 Å². The maximum absolute atomic E-state index is 14.2. The van der Waals surface area contributed by atoms with Crippen LogP contribution in [0.1, 0.15) is 12.7 Å². The summed E-state index contributed by atoms with van der Waals surface area (Å²) in [5, 5.41) is 0. The Hall–Kier alpha value is -2.72. The highest BCUT2D eigenvalue weighted by molar-refractivity contribution is 7.92. The molecule has 0 saturated carbocycles. The average molecular weight is 405 g/mol. The van der Waals surface area contributed by atoms with E-state index in [0.29, 0.717) is 36.9 Å². The summed E-state index contributed by atoms with van der Waals surface area (Å²) in [6, 6.07) is 5.19. The number of nitrogen functional groups attached to an aromatic ring is 1. The highest BCUT2D eigenvalue weighted by atomic mass is 32.2.